The highest BCUT2D eigenvalue weighted by atomic mass is 32.2. The van der Waals surface area contributed by atoms with Crippen LogP contribution >= 0.6 is 24.4 Å². The van der Waals surface area contributed by atoms with E-state index in [2.05, 4.69) is 38.5 Å². The molecule has 2 rings (SSSR count). The Bertz CT molecular complexity index is 1040. The van der Waals surface area contributed by atoms with E-state index in [0.29, 0.717) is 17.0 Å². The molecule has 14 heteroatoms. The Labute approximate surface area is 224 Å². The predicted octanol–water partition coefficient (Wildman–Crippen LogP) is -0.550. The molecule has 3 amide bonds. The van der Waals surface area contributed by atoms with Crippen LogP contribution in [0.5, 0.6) is 5.75 Å². The molecule has 0 radical (unpaired) electrons. The van der Waals surface area contributed by atoms with Gasteiger partial charge in [-0.15, -0.1) is 0 Å². The Morgan fingerprint density at radius 3 is 2.22 bits per heavy atom. The smallest absolute Gasteiger partial charge is 0.326 e. The van der Waals surface area contributed by atoms with Gasteiger partial charge in [0.25, 0.3) is 0 Å². The van der Waals surface area contributed by atoms with E-state index in [0.717, 1.165) is 0 Å². The highest BCUT2D eigenvalue weighted by molar-refractivity contribution is 7.98. The van der Waals surface area contributed by atoms with Crippen molar-refractivity contribution in [1.29, 1.82) is 0 Å². The number of carboxylic acids is 1. The summed E-state index contributed by atoms with van der Waals surface area (Å²) in [7, 11) is 0. The molecule has 0 aliphatic carbocycles. The average molecular weight is 553 g/mol. The van der Waals surface area contributed by atoms with Crippen LogP contribution in [0.25, 0.3) is 0 Å². The number of aromatic nitrogens is 2. The van der Waals surface area contributed by atoms with E-state index in [-0.39, 0.29) is 30.8 Å². The Balaban J connectivity index is 2.03. The number of nitrogens with one attached hydrogen (secondary N) is 4. The van der Waals surface area contributed by atoms with Crippen molar-refractivity contribution in [1.82, 2.24) is 25.9 Å². The van der Waals surface area contributed by atoms with Crippen LogP contribution in [0.1, 0.15) is 17.7 Å². The summed E-state index contributed by atoms with van der Waals surface area (Å²) in [5, 5.41) is 26.6. The molecule has 8 N–H and O–H groups in total. The first kappa shape index (κ1) is 30.0. The van der Waals surface area contributed by atoms with Gasteiger partial charge in [0.15, 0.2) is 0 Å². The van der Waals surface area contributed by atoms with Gasteiger partial charge in [-0.1, -0.05) is 12.1 Å². The van der Waals surface area contributed by atoms with Gasteiger partial charge in [-0.3, -0.25) is 14.4 Å². The Kier molecular flexibility index (Phi) is 12.3. The fourth-order valence-corrected chi connectivity index (χ4v) is 4.04. The van der Waals surface area contributed by atoms with E-state index < -0.39 is 47.9 Å². The maximum atomic E-state index is 13.0. The number of imidazole rings is 1. The molecule has 12 nitrogen and oxygen atoms in total. The van der Waals surface area contributed by atoms with Crippen LogP contribution in [0.3, 0.4) is 0 Å². The number of nitrogens with zero attached hydrogens (tertiary/aromatic N) is 1. The molecule has 2 aromatic rings. The average Bonchev–Trinajstić information content (AvgIpc) is 3.38. The monoisotopic (exact) mass is 552 g/mol. The topological polar surface area (TPSA) is 200 Å². The summed E-state index contributed by atoms with van der Waals surface area (Å²) in [6, 6.07) is 1.64. The zero-order chi connectivity index (χ0) is 27.4. The van der Waals surface area contributed by atoms with Crippen LogP contribution < -0.4 is 21.7 Å². The third kappa shape index (κ3) is 9.98. The Morgan fingerprint density at radius 2 is 1.65 bits per heavy atom. The number of carbonyl (C=O) groups excluding carboxylic acids is 3. The second-order valence-electron chi connectivity index (χ2n) is 8.24. The number of carbonyl (C=O) groups is 4. The summed E-state index contributed by atoms with van der Waals surface area (Å²) in [5.74, 6) is -2.65. The van der Waals surface area contributed by atoms with Gasteiger partial charge in [0, 0.05) is 30.5 Å². The Hall–Kier alpha value is -3.23. The molecule has 202 valence electrons. The molecule has 1 aromatic heterocycles. The standard InChI is InChI=1S/C23H32N6O6S2/c1-37-7-6-17(21(32)28-18(23(34)35)8-13-2-4-15(30)5-3-13)27-22(33)19(11-36)29-20(31)16(24)9-14-10-25-12-26-14/h2-5,10,12,16-19,30,36H,6-9,11,24H2,1H3,(H,25,26)(H,27,33)(H,28,32)(H,29,31)(H,34,35). The minimum Gasteiger partial charge on any atom is -0.508 e. The zero-order valence-electron chi connectivity index (χ0n) is 20.2. The van der Waals surface area contributed by atoms with E-state index in [1.165, 1.54) is 36.4 Å². The summed E-state index contributed by atoms with van der Waals surface area (Å²) >= 11 is 5.60. The quantitative estimate of drug-likeness (QED) is 0.134. The minimum atomic E-state index is -1.26. The van der Waals surface area contributed by atoms with Crippen molar-refractivity contribution < 1.29 is 29.4 Å². The van der Waals surface area contributed by atoms with Crippen molar-refractivity contribution >= 4 is 48.1 Å². The maximum Gasteiger partial charge on any atom is 0.326 e. The number of aliphatic carboxylic acids is 1. The molecule has 37 heavy (non-hydrogen) atoms. The molecule has 0 fully saturated rings. The van der Waals surface area contributed by atoms with Crippen molar-refractivity contribution in [2.24, 2.45) is 5.73 Å². The molecule has 1 heterocycles. The van der Waals surface area contributed by atoms with Crippen LogP contribution in [0.15, 0.2) is 36.8 Å². The van der Waals surface area contributed by atoms with E-state index in [4.69, 9.17) is 5.73 Å². The van der Waals surface area contributed by atoms with Crippen molar-refractivity contribution in [2.45, 2.75) is 43.4 Å². The van der Waals surface area contributed by atoms with E-state index in [1.54, 1.807) is 12.1 Å². The van der Waals surface area contributed by atoms with Crippen LogP contribution in [0, 0.1) is 0 Å². The number of thiol groups is 1. The molecule has 1 aromatic carbocycles. The van der Waals surface area contributed by atoms with Gasteiger partial charge in [-0.05, 0) is 36.1 Å². The number of thioether (sulfide) groups is 1. The first-order valence-electron chi connectivity index (χ1n) is 11.4. The largest absolute Gasteiger partial charge is 0.508 e. The fraction of sp³-hybridized carbons (Fsp3) is 0.435. The zero-order valence-corrected chi connectivity index (χ0v) is 21.9. The maximum absolute atomic E-state index is 13.0. The summed E-state index contributed by atoms with van der Waals surface area (Å²) in [4.78, 5) is 56.9. The van der Waals surface area contributed by atoms with Gasteiger partial charge in [0.2, 0.25) is 17.7 Å². The van der Waals surface area contributed by atoms with Gasteiger partial charge in [0.05, 0.1) is 12.4 Å². The molecular formula is C23H32N6O6S2. The molecule has 0 aliphatic rings. The number of benzene rings is 1. The highest BCUT2D eigenvalue weighted by Crippen LogP contribution is 2.12. The van der Waals surface area contributed by atoms with Gasteiger partial charge in [-0.2, -0.15) is 24.4 Å². The van der Waals surface area contributed by atoms with E-state index in [9.17, 15) is 29.4 Å². The molecular weight excluding hydrogens is 520 g/mol. The van der Waals surface area contributed by atoms with Crippen LogP contribution in [-0.4, -0.2) is 85.8 Å². The molecule has 0 spiro atoms. The van der Waals surface area contributed by atoms with Crippen LogP contribution in [0.2, 0.25) is 0 Å². The number of aromatic amines is 1. The number of nitrogens with two attached hydrogens (primary N) is 1. The summed E-state index contributed by atoms with van der Waals surface area (Å²) in [6.07, 6.45) is 5.23. The number of phenolic OH excluding ortho intramolecular Hbond substituents is 1. The molecule has 4 unspecified atom stereocenters. The number of phenols is 1. The highest BCUT2D eigenvalue weighted by Gasteiger charge is 2.30. The van der Waals surface area contributed by atoms with Crippen molar-refractivity contribution in [3.05, 3.63) is 48.0 Å². The summed E-state index contributed by atoms with van der Waals surface area (Å²) in [5.41, 5.74) is 7.18. The molecule has 0 saturated heterocycles. The first-order chi connectivity index (χ1) is 17.6. The van der Waals surface area contributed by atoms with Crippen molar-refractivity contribution in [3.8, 4) is 5.75 Å². The number of aromatic hydroxyl groups is 1. The van der Waals surface area contributed by atoms with Gasteiger partial charge in [-0.25, -0.2) is 9.78 Å². The van der Waals surface area contributed by atoms with Gasteiger partial charge in [0.1, 0.15) is 23.9 Å². The number of hydrogen-bond donors (Lipinski definition) is 8. The molecule has 0 aliphatic heterocycles. The second-order valence-corrected chi connectivity index (χ2v) is 9.59. The Morgan fingerprint density at radius 1 is 1.03 bits per heavy atom. The number of amides is 3. The number of hydrogen-bond acceptors (Lipinski definition) is 9. The summed E-state index contributed by atoms with van der Waals surface area (Å²) in [6.45, 7) is 0. The second kappa shape index (κ2) is 15.1. The number of rotatable bonds is 15. The fourth-order valence-electron chi connectivity index (χ4n) is 3.32. The SMILES string of the molecule is CSCCC(NC(=O)C(CS)NC(=O)C(N)Cc1cnc[nH]1)C(=O)NC(Cc1ccc(O)cc1)C(=O)O. The lowest BCUT2D eigenvalue weighted by molar-refractivity contribution is -0.142. The molecule has 0 saturated carbocycles. The lowest BCUT2D eigenvalue weighted by Crippen LogP contribution is -2.58. The van der Waals surface area contributed by atoms with Crippen molar-refractivity contribution in [3.63, 3.8) is 0 Å². The normalized spacial score (nSPS) is 14.1. The third-order valence-corrected chi connectivity index (χ3v) is 6.39. The predicted molar refractivity (Wildman–Crippen MR) is 142 cm³/mol. The lowest BCUT2D eigenvalue weighted by atomic mass is 10.0. The van der Waals surface area contributed by atoms with Gasteiger partial charge >= 0.3 is 5.97 Å². The number of carboxylic acid groups (broad SMARTS) is 1. The van der Waals surface area contributed by atoms with Crippen LogP contribution in [-0.2, 0) is 32.0 Å². The van der Waals surface area contributed by atoms with Gasteiger partial charge < -0.3 is 36.9 Å². The lowest BCUT2D eigenvalue weighted by Gasteiger charge is -2.24. The van der Waals surface area contributed by atoms with Crippen LogP contribution in [0.4, 0.5) is 0 Å². The van der Waals surface area contributed by atoms with Crippen molar-refractivity contribution in [2.75, 3.05) is 17.8 Å². The molecule has 0 bridgehead atoms. The third-order valence-electron chi connectivity index (χ3n) is 5.38. The first-order valence-corrected chi connectivity index (χ1v) is 13.4. The van der Waals surface area contributed by atoms with E-state index >= 15 is 0 Å². The minimum absolute atomic E-state index is 0.0198. The van der Waals surface area contributed by atoms with E-state index in [1.807, 2.05) is 6.26 Å². The molecule has 4 atom stereocenters. The number of H-pyrrole nitrogens is 1. The summed E-state index contributed by atoms with van der Waals surface area (Å²) < 4.78 is 0.